The van der Waals surface area contributed by atoms with Gasteiger partial charge in [-0.3, -0.25) is 29.4 Å². The summed E-state index contributed by atoms with van der Waals surface area (Å²) in [5.74, 6) is -1.94. The topological polar surface area (TPSA) is 159 Å². The first kappa shape index (κ1) is 23.6. The van der Waals surface area contributed by atoms with E-state index in [0.29, 0.717) is 5.75 Å². The molecular weight excluding hydrogens is 460 g/mol. The smallest absolute Gasteiger partial charge is 0.354 e. The monoisotopic (exact) mass is 480 g/mol. The van der Waals surface area contributed by atoms with Gasteiger partial charge >= 0.3 is 5.97 Å². The Hall–Kier alpha value is -3.06. The first-order chi connectivity index (χ1) is 15.2. The van der Waals surface area contributed by atoms with Crippen LogP contribution < -0.4 is 10.6 Å². The third-order valence-corrected chi connectivity index (χ3v) is 6.90. The molecule has 3 N–H and O–H groups in total. The molecule has 0 bridgehead atoms. The summed E-state index contributed by atoms with van der Waals surface area (Å²) in [7, 11) is 0. The first-order valence-electron chi connectivity index (χ1n) is 9.64. The molecule has 0 aliphatic carbocycles. The Morgan fingerprint density at radius 2 is 2.12 bits per heavy atom. The molecule has 1 aromatic carbocycles. The number of non-ortho nitro benzene ring substituents is 1. The van der Waals surface area contributed by atoms with Crippen molar-refractivity contribution in [2.75, 3.05) is 11.5 Å². The predicted octanol–water partition coefficient (Wildman–Crippen LogP) is 2.15. The minimum atomic E-state index is -1.36. The molecule has 3 amide bonds. The molecule has 1 aromatic rings. The van der Waals surface area contributed by atoms with Gasteiger partial charge in [-0.05, 0) is 12.5 Å². The van der Waals surface area contributed by atoms with E-state index in [-0.39, 0.29) is 28.4 Å². The molecule has 2 atom stereocenters. The minimum absolute atomic E-state index is 0.0114. The van der Waals surface area contributed by atoms with Gasteiger partial charge in [-0.2, -0.15) is 0 Å². The van der Waals surface area contributed by atoms with Crippen LogP contribution in [0.5, 0.6) is 0 Å². The van der Waals surface area contributed by atoms with Gasteiger partial charge in [-0.1, -0.05) is 31.2 Å². The van der Waals surface area contributed by atoms with Crippen molar-refractivity contribution in [3.63, 3.8) is 0 Å². The number of carboxylic acids is 1. The van der Waals surface area contributed by atoms with Gasteiger partial charge in [0.05, 0.1) is 10.6 Å². The average molecular weight is 481 g/mol. The van der Waals surface area contributed by atoms with Gasteiger partial charge < -0.3 is 15.7 Å². The third-order valence-electron chi connectivity index (χ3n) is 4.76. The van der Waals surface area contributed by atoms with Crippen LogP contribution in [0.1, 0.15) is 30.1 Å². The second-order valence-electron chi connectivity index (χ2n) is 6.92. The zero-order valence-corrected chi connectivity index (χ0v) is 18.5. The lowest BCUT2D eigenvalue weighted by Crippen LogP contribution is -2.70. The molecule has 32 heavy (non-hydrogen) atoms. The molecule has 170 valence electrons. The Kier molecular flexibility index (Phi) is 7.40. The molecule has 0 aromatic heterocycles. The van der Waals surface area contributed by atoms with Gasteiger partial charge in [0.2, 0.25) is 0 Å². The Morgan fingerprint density at radius 3 is 2.78 bits per heavy atom. The summed E-state index contributed by atoms with van der Waals surface area (Å²) >= 11 is 2.25. The Labute approximate surface area is 191 Å². The number of hydrogen-bond donors (Lipinski definition) is 3. The van der Waals surface area contributed by atoms with Gasteiger partial charge in [0, 0.05) is 29.2 Å². The van der Waals surface area contributed by atoms with Crippen LogP contribution in [0, 0.1) is 10.1 Å². The highest BCUT2D eigenvalue weighted by Crippen LogP contribution is 2.40. The van der Waals surface area contributed by atoms with Gasteiger partial charge in [-0.25, -0.2) is 4.79 Å². The van der Waals surface area contributed by atoms with Crippen molar-refractivity contribution in [1.82, 2.24) is 15.5 Å². The van der Waals surface area contributed by atoms with Gasteiger partial charge in [0.15, 0.2) is 5.70 Å². The van der Waals surface area contributed by atoms with E-state index in [2.05, 4.69) is 10.6 Å². The lowest BCUT2D eigenvalue weighted by molar-refractivity contribution is -0.384. The van der Waals surface area contributed by atoms with E-state index in [9.17, 15) is 34.4 Å². The largest absolute Gasteiger partial charge is 0.477 e. The quantitative estimate of drug-likeness (QED) is 0.219. The van der Waals surface area contributed by atoms with Crippen LogP contribution in [0.3, 0.4) is 0 Å². The van der Waals surface area contributed by atoms with E-state index < -0.39 is 39.4 Å². The van der Waals surface area contributed by atoms with Gasteiger partial charge in [-0.15, -0.1) is 11.8 Å². The molecule has 1 saturated heterocycles. The van der Waals surface area contributed by atoms with Crippen molar-refractivity contribution >= 4 is 52.2 Å². The van der Waals surface area contributed by atoms with Crippen molar-refractivity contribution in [1.29, 1.82) is 0 Å². The number of aliphatic carboxylic acids is 1. The number of unbranched alkanes of at least 4 members (excludes halogenated alkanes) is 1. The summed E-state index contributed by atoms with van der Waals surface area (Å²) in [6.45, 7) is 1.99. The summed E-state index contributed by atoms with van der Waals surface area (Å²) in [4.78, 5) is 60.4. The SMILES string of the molecule is CCCCSC(=O)NC1=C(C(=O)O)N2C(=O)C(NC(=O)c3cccc([N+](=O)[O-])c3)[C@H]2SC1. The maximum absolute atomic E-state index is 12.7. The van der Waals surface area contributed by atoms with Crippen molar-refractivity contribution in [2.45, 2.75) is 31.2 Å². The fourth-order valence-electron chi connectivity index (χ4n) is 3.17. The molecular formula is C19H20N4O7S2. The first-order valence-corrected chi connectivity index (χ1v) is 11.7. The number of carbonyl (C=O) groups is 4. The minimum Gasteiger partial charge on any atom is -0.477 e. The summed E-state index contributed by atoms with van der Waals surface area (Å²) < 4.78 is 0. The number of hydrogen-bond acceptors (Lipinski definition) is 8. The molecule has 11 nitrogen and oxygen atoms in total. The van der Waals surface area contributed by atoms with E-state index >= 15 is 0 Å². The number of β-lactam (4-membered cyclic amide) rings is 1. The zero-order chi connectivity index (χ0) is 23.4. The lowest BCUT2D eigenvalue weighted by Gasteiger charge is -2.49. The molecule has 2 heterocycles. The fraction of sp³-hybridized carbons (Fsp3) is 0.368. The molecule has 0 spiro atoms. The molecule has 2 aliphatic rings. The highest BCUT2D eigenvalue weighted by Gasteiger charge is 2.54. The lowest BCUT2D eigenvalue weighted by atomic mass is 10.0. The molecule has 0 radical (unpaired) electrons. The van der Waals surface area contributed by atoms with Gasteiger partial charge in [0.1, 0.15) is 11.4 Å². The molecule has 1 unspecified atom stereocenters. The molecule has 13 heteroatoms. The highest BCUT2D eigenvalue weighted by molar-refractivity contribution is 8.13. The Bertz CT molecular complexity index is 1010. The number of nitrogens with one attached hydrogen (secondary N) is 2. The molecule has 1 fully saturated rings. The van der Waals surface area contributed by atoms with Crippen molar-refractivity contribution < 1.29 is 29.2 Å². The second-order valence-corrected chi connectivity index (χ2v) is 9.09. The second kappa shape index (κ2) is 10.0. The third kappa shape index (κ3) is 4.88. The number of rotatable bonds is 8. The highest BCUT2D eigenvalue weighted by atomic mass is 32.2. The standard InChI is InChI=1S/C19H20N4O7S2/c1-2-3-7-31-19(28)20-12-9-32-17-13(16(25)22(17)14(12)18(26)27)21-15(24)10-5-4-6-11(8-10)23(29)30/h4-6,8,13,17H,2-3,7,9H2,1H3,(H,20,28)(H,21,24)(H,26,27)/t13?,17-/m1/s1. The Balaban J connectivity index is 1.71. The summed E-state index contributed by atoms with van der Waals surface area (Å²) in [6.07, 6.45) is 1.77. The van der Waals surface area contributed by atoms with E-state index in [0.717, 1.165) is 35.6 Å². The van der Waals surface area contributed by atoms with E-state index in [1.165, 1.54) is 30.0 Å². The number of fused-ring (bicyclic) bond motifs is 1. The molecule has 2 aliphatic heterocycles. The zero-order valence-electron chi connectivity index (χ0n) is 16.9. The van der Waals surface area contributed by atoms with Crippen molar-refractivity contribution in [2.24, 2.45) is 0 Å². The van der Waals surface area contributed by atoms with Crippen LogP contribution in [0.25, 0.3) is 0 Å². The fourth-order valence-corrected chi connectivity index (χ4v) is 5.26. The number of carboxylic acid groups (broad SMARTS) is 1. The van der Waals surface area contributed by atoms with E-state index in [1.807, 2.05) is 6.92 Å². The van der Waals surface area contributed by atoms with Crippen LogP contribution in [0.4, 0.5) is 10.5 Å². The number of amides is 3. The normalized spacial score (nSPS) is 19.7. The number of nitrogens with zero attached hydrogens (tertiary/aromatic N) is 2. The van der Waals surface area contributed by atoms with Gasteiger partial charge in [0.25, 0.3) is 22.7 Å². The summed E-state index contributed by atoms with van der Waals surface area (Å²) in [5, 5.41) is 24.6. The van der Waals surface area contributed by atoms with E-state index in [1.54, 1.807) is 0 Å². The average Bonchev–Trinajstić information content (AvgIpc) is 2.77. The van der Waals surface area contributed by atoms with Crippen LogP contribution >= 0.6 is 23.5 Å². The maximum Gasteiger partial charge on any atom is 0.354 e. The predicted molar refractivity (Wildman–Crippen MR) is 118 cm³/mol. The van der Waals surface area contributed by atoms with Crippen LogP contribution in [-0.2, 0) is 9.59 Å². The van der Waals surface area contributed by atoms with Crippen LogP contribution in [-0.4, -0.2) is 60.9 Å². The summed E-state index contributed by atoms with van der Waals surface area (Å²) in [6, 6.07) is 4.08. The molecule has 3 rings (SSSR count). The van der Waals surface area contributed by atoms with E-state index in [4.69, 9.17) is 0 Å². The van der Waals surface area contributed by atoms with Crippen molar-refractivity contribution in [3.05, 3.63) is 51.3 Å². The number of benzene rings is 1. The Morgan fingerprint density at radius 1 is 1.38 bits per heavy atom. The van der Waals surface area contributed by atoms with Crippen LogP contribution in [0.2, 0.25) is 0 Å². The number of thioether (sulfide) groups is 2. The van der Waals surface area contributed by atoms with Crippen molar-refractivity contribution in [3.8, 4) is 0 Å². The summed E-state index contributed by atoms with van der Waals surface area (Å²) in [5.41, 5.74) is -0.439. The molecule has 0 saturated carbocycles. The maximum atomic E-state index is 12.7. The number of nitro groups is 1. The van der Waals surface area contributed by atoms with Crippen LogP contribution in [0.15, 0.2) is 35.7 Å². The number of carbonyl (C=O) groups excluding carboxylic acids is 3. The number of nitro benzene ring substituents is 1.